The van der Waals surface area contributed by atoms with Crippen LogP contribution in [0.15, 0.2) is 55.4 Å². The van der Waals surface area contributed by atoms with Gasteiger partial charge in [0, 0.05) is 41.5 Å². The van der Waals surface area contributed by atoms with Crippen LogP contribution in [-0.4, -0.2) is 21.0 Å². The van der Waals surface area contributed by atoms with E-state index in [1.807, 2.05) is 0 Å². The Morgan fingerprint density at radius 2 is 1.73 bits per heavy atom. The van der Waals surface area contributed by atoms with Crippen molar-refractivity contribution in [3.05, 3.63) is 78.1 Å². The van der Waals surface area contributed by atoms with Crippen molar-refractivity contribution >= 4 is 6.09 Å². The molecule has 1 saturated heterocycles. The average Bonchev–Trinajstić information content (AvgIpc) is 3.06. The standard InChI is InChI=1S/C18H12F2N4O2/c19-13-1-2-15(20)14(4-13)17-16(24-18(25)26-17)11-3-10(5-21-6-11)12-7-22-9-23-8-12/h1-9,16-17H,(H,24,25)/t16-,17?/m1/s1. The van der Waals surface area contributed by atoms with E-state index in [1.54, 1.807) is 24.7 Å². The number of carbonyl (C=O) groups excluding carboxylic acids is 1. The van der Waals surface area contributed by atoms with Gasteiger partial charge in [-0.25, -0.2) is 23.5 Å². The summed E-state index contributed by atoms with van der Waals surface area (Å²) in [5.74, 6) is -1.27. The smallest absolute Gasteiger partial charge is 0.408 e. The highest BCUT2D eigenvalue weighted by Gasteiger charge is 2.38. The minimum absolute atomic E-state index is 0.0400. The number of nitrogens with one attached hydrogen (secondary N) is 1. The number of nitrogens with zero attached hydrogens (tertiary/aromatic N) is 3. The molecule has 1 unspecified atom stereocenters. The molecule has 6 nitrogen and oxygen atoms in total. The normalized spacial score (nSPS) is 19.1. The minimum atomic E-state index is -1.01. The van der Waals surface area contributed by atoms with Crippen molar-refractivity contribution in [1.82, 2.24) is 20.3 Å². The molecule has 2 atom stereocenters. The third kappa shape index (κ3) is 2.97. The first-order valence-electron chi connectivity index (χ1n) is 7.74. The molecule has 1 fully saturated rings. The molecule has 1 N–H and O–H groups in total. The monoisotopic (exact) mass is 354 g/mol. The molecule has 130 valence electrons. The van der Waals surface area contributed by atoms with Gasteiger partial charge >= 0.3 is 6.09 Å². The summed E-state index contributed by atoms with van der Waals surface area (Å²) >= 11 is 0. The molecule has 26 heavy (non-hydrogen) atoms. The number of halogens is 2. The van der Waals surface area contributed by atoms with Gasteiger partial charge in [-0.1, -0.05) is 0 Å². The van der Waals surface area contributed by atoms with Crippen molar-refractivity contribution in [2.24, 2.45) is 0 Å². The summed E-state index contributed by atoms with van der Waals surface area (Å²) in [6, 6.07) is 4.10. The van der Waals surface area contributed by atoms with E-state index in [2.05, 4.69) is 20.3 Å². The topological polar surface area (TPSA) is 77.0 Å². The molecule has 1 aliphatic rings. The lowest BCUT2D eigenvalue weighted by Crippen LogP contribution is -2.20. The van der Waals surface area contributed by atoms with Gasteiger partial charge < -0.3 is 10.1 Å². The van der Waals surface area contributed by atoms with Crippen molar-refractivity contribution < 1.29 is 18.3 Å². The summed E-state index contributed by atoms with van der Waals surface area (Å²) in [5.41, 5.74) is 2.01. The summed E-state index contributed by atoms with van der Waals surface area (Å²) in [5, 5.41) is 2.62. The maximum Gasteiger partial charge on any atom is 0.408 e. The Kier molecular flexibility index (Phi) is 4.00. The van der Waals surface area contributed by atoms with E-state index in [0.717, 1.165) is 29.3 Å². The van der Waals surface area contributed by atoms with Gasteiger partial charge in [-0.2, -0.15) is 0 Å². The van der Waals surface area contributed by atoms with Crippen LogP contribution in [0.1, 0.15) is 23.3 Å². The Labute approximate surface area is 146 Å². The Morgan fingerprint density at radius 3 is 2.54 bits per heavy atom. The van der Waals surface area contributed by atoms with Gasteiger partial charge in [0.2, 0.25) is 0 Å². The molecule has 0 radical (unpaired) electrons. The number of aromatic nitrogens is 3. The lowest BCUT2D eigenvalue weighted by Gasteiger charge is -2.18. The van der Waals surface area contributed by atoms with Crippen LogP contribution in [0.5, 0.6) is 0 Å². The van der Waals surface area contributed by atoms with E-state index in [0.29, 0.717) is 5.56 Å². The number of rotatable bonds is 3. The molecule has 0 aliphatic carbocycles. The summed E-state index contributed by atoms with van der Waals surface area (Å²) in [4.78, 5) is 23.9. The van der Waals surface area contributed by atoms with Crippen LogP contribution in [0.2, 0.25) is 0 Å². The molecular weight excluding hydrogens is 342 g/mol. The molecule has 1 amide bonds. The largest absolute Gasteiger partial charge is 0.439 e. The van der Waals surface area contributed by atoms with Crippen LogP contribution in [0, 0.1) is 11.6 Å². The predicted octanol–water partition coefficient (Wildman–Crippen LogP) is 3.34. The fraction of sp³-hybridized carbons (Fsp3) is 0.111. The first kappa shape index (κ1) is 16.1. The third-order valence-electron chi connectivity index (χ3n) is 4.09. The first-order valence-corrected chi connectivity index (χ1v) is 7.74. The predicted molar refractivity (Wildman–Crippen MR) is 86.7 cm³/mol. The Balaban J connectivity index is 1.74. The number of pyridine rings is 1. The number of carbonyl (C=O) groups is 1. The maximum absolute atomic E-state index is 14.2. The molecule has 0 saturated carbocycles. The molecule has 8 heteroatoms. The average molecular weight is 354 g/mol. The first-order chi connectivity index (χ1) is 12.6. The molecule has 3 heterocycles. The number of cyclic esters (lactones) is 1. The number of amides is 1. The minimum Gasteiger partial charge on any atom is -0.439 e. The zero-order chi connectivity index (χ0) is 18.1. The van der Waals surface area contributed by atoms with Gasteiger partial charge in [-0.05, 0) is 29.8 Å². The van der Waals surface area contributed by atoms with Gasteiger partial charge in [-0.15, -0.1) is 0 Å². The lowest BCUT2D eigenvalue weighted by atomic mass is 9.95. The van der Waals surface area contributed by atoms with Crippen molar-refractivity contribution in [3.63, 3.8) is 0 Å². The second-order valence-electron chi connectivity index (χ2n) is 5.75. The zero-order valence-corrected chi connectivity index (χ0v) is 13.3. The second-order valence-corrected chi connectivity index (χ2v) is 5.75. The lowest BCUT2D eigenvalue weighted by molar-refractivity contribution is 0.130. The molecule has 1 aromatic carbocycles. The fourth-order valence-electron chi connectivity index (χ4n) is 2.89. The van der Waals surface area contributed by atoms with Crippen LogP contribution in [0.3, 0.4) is 0 Å². The molecule has 0 bridgehead atoms. The van der Waals surface area contributed by atoms with Crippen molar-refractivity contribution in [2.75, 3.05) is 0 Å². The van der Waals surface area contributed by atoms with Crippen molar-refractivity contribution in [2.45, 2.75) is 12.1 Å². The van der Waals surface area contributed by atoms with E-state index in [4.69, 9.17) is 4.74 Å². The second kappa shape index (κ2) is 6.47. The van der Waals surface area contributed by atoms with Crippen molar-refractivity contribution in [1.29, 1.82) is 0 Å². The zero-order valence-electron chi connectivity index (χ0n) is 13.3. The van der Waals surface area contributed by atoms with Crippen LogP contribution in [-0.2, 0) is 4.74 Å². The van der Waals surface area contributed by atoms with Crippen molar-refractivity contribution in [3.8, 4) is 11.1 Å². The van der Waals surface area contributed by atoms with Gasteiger partial charge in [-0.3, -0.25) is 4.98 Å². The van der Waals surface area contributed by atoms with E-state index in [1.165, 1.54) is 12.5 Å². The number of hydrogen-bond acceptors (Lipinski definition) is 5. The van der Waals surface area contributed by atoms with Crippen LogP contribution >= 0.6 is 0 Å². The van der Waals surface area contributed by atoms with Crippen LogP contribution in [0.25, 0.3) is 11.1 Å². The molecular formula is C18H12F2N4O2. The summed E-state index contributed by atoms with van der Waals surface area (Å²) in [6.07, 6.45) is 6.10. The van der Waals surface area contributed by atoms with E-state index in [-0.39, 0.29) is 5.56 Å². The Bertz CT molecular complexity index is 968. The van der Waals surface area contributed by atoms with Gasteiger partial charge in [0.25, 0.3) is 0 Å². The number of benzene rings is 1. The van der Waals surface area contributed by atoms with Crippen LogP contribution < -0.4 is 5.32 Å². The molecule has 4 rings (SSSR count). The quantitative estimate of drug-likeness (QED) is 0.781. The van der Waals surface area contributed by atoms with Crippen LogP contribution in [0.4, 0.5) is 13.6 Å². The SMILES string of the molecule is O=C1N[C@H](c2cncc(-c3cncnc3)c2)C(c2cc(F)ccc2F)O1. The highest BCUT2D eigenvalue weighted by atomic mass is 19.1. The fourth-order valence-corrected chi connectivity index (χ4v) is 2.89. The molecule has 1 aliphatic heterocycles. The Morgan fingerprint density at radius 1 is 0.962 bits per heavy atom. The summed E-state index contributed by atoms with van der Waals surface area (Å²) in [6.45, 7) is 0. The Hall–Kier alpha value is -3.42. The number of hydrogen-bond donors (Lipinski definition) is 1. The molecule has 2 aromatic heterocycles. The van der Waals surface area contributed by atoms with Gasteiger partial charge in [0.05, 0.1) is 0 Å². The summed E-state index contributed by atoms with van der Waals surface area (Å²) in [7, 11) is 0. The van der Waals surface area contributed by atoms with E-state index < -0.39 is 29.9 Å². The van der Waals surface area contributed by atoms with E-state index in [9.17, 15) is 13.6 Å². The number of alkyl carbamates (subject to hydrolysis) is 1. The maximum atomic E-state index is 14.2. The summed E-state index contributed by atoms with van der Waals surface area (Å²) < 4.78 is 32.9. The molecule has 0 spiro atoms. The third-order valence-corrected chi connectivity index (χ3v) is 4.09. The van der Waals surface area contributed by atoms with Gasteiger partial charge in [0.15, 0.2) is 6.10 Å². The highest BCUT2D eigenvalue weighted by Crippen LogP contribution is 2.38. The molecule has 3 aromatic rings. The van der Waals surface area contributed by atoms with Gasteiger partial charge in [0.1, 0.15) is 24.0 Å². The highest BCUT2D eigenvalue weighted by molar-refractivity contribution is 5.71. The number of ether oxygens (including phenoxy) is 1. The van der Waals surface area contributed by atoms with E-state index >= 15 is 0 Å².